The van der Waals surface area contributed by atoms with Crippen LogP contribution in [-0.4, -0.2) is 45.3 Å². The molecule has 0 saturated carbocycles. The lowest BCUT2D eigenvalue weighted by atomic mass is 10.3. The zero-order valence-corrected chi connectivity index (χ0v) is 15.8. The number of nitrogens with zero attached hydrogens (tertiary/aromatic N) is 1. The second-order valence-electron chi connectivity index (χ2n) is 5.91. The number of nitrogens with one attached hydrogen (secondary N) is 2. The van der Waals surface area contributed by atoms with E-state index in [2.05, 4.69) is 10.0 Å². The third kappa shape index (κ3) is 6.39. The first-order valence-corrected chi connectivity index (χ1v) is 9.70. The number of benzene rings is 2. The van der Waals surface area contributed by atoms with Crippen LogP contribution in [0, 0.1) is 11.6 Å². The lowest BCUT2D eigenvalue weighted by Crippen LogP contribution is -2.37. The largest absolute Gasteiger partial charge is 0.336 e. The average molecular weight is 411 g/mol. The first-order chi connectivity index (χ1) is 13.2. The standard InChI is InChI=1S/C18H19F2N3O4S/c1-23(12-17(24)22-15-4-2-3-14(20)11-15)18(25)9-10-21-28(26,27)16-7-5-13(19)6-8-16/h2-8,11,21H,9-10,12H2,1H3,(H,22,24). The third-order valence-electron chi connectivity index (χ3n) is 3.67. The molecule has 0 saturated heterocycles. The van der Waals surface area contributed by atoms with Crippen molar-refractivity contribution in [2.24, 2.45) is 0 Å². The minimum atomic E-state index is -3.87. The monoisotopic (exact) mass is 411 g/mol. The summed E-state index contributed by atoms with van der Waals surface area (Å²) in [6.07, 6.45) is -0.176. The van der Waals surface area contributed by atoms with Crippen LogP contribution in [0.3, 0.4) is 0 Å². The van der Waals surface area contributed by atoms with Crippen molar-refractivity contribution < 1.29 is 26.8 Å². The summed E-state index contributed by atoms with van der Waals surface area (Å²) in [6, 6.07) is 9.59. The van der Waals surface area contributed by atoms with Crippen LogP contribution in [0.2, 0.25) is 0 Å². The normalized spacial score (nSPS) is 11.1. The molecule has 0 aliphatic rings. The molecule has 2 aromatic carbocycles. The van der Waals surface area contributed by atoms with Gasteiger partial charge in [-0.1, -0.05) is 6.07 Å². The van der Waals surface area contributed by atoms with Crippen LogP contribution in [0.1, 0.15) is 6.42 Å². The second kappa shape index (κ2) is 9.38. The average Bonchev–Trinajstić information content (AvgIpc) is 2.61. The van der Waals surface area contributed by atoms with Gasteiger partial charge in [0.05, 0.1) is 11.4 Å². The van der Waals surface area contributed by atoms with Gasteiger partial charge in [-0.05, 0) is 42.5 Å². The Morgan fingerprint density at radius 2 is 1.71 bits per heavy atom. The van der Waals surface area contributed by atoms with Gasteiger partial charge < -0.3 is 10.2 Å². The summed E-state index contributed by atoms with van der Waals surface area (Å²) in [7, 11) is -2.48. The summed E-state index contributed by atoms with van der Waals surface area (Å²) in [5.74, 6) is -2.05. The molecule has 0 spiro atoms. The molecule has 7 nitrogen and oxygen atoms in total. The molecule has 0 radical (unpaired) electrons. The van der Waals surface area contributed by atoms with Gasteiger partial charge in [-0.2, -0.15) is 0 Å². The van der Waals surface area contributed by atoms with Crippen molar-refractivity contribution in [2.45, 2.75) is 11.3 Å². The molecular weight excluding hydrogens is 392 g/mol. The number of carbonyl (C=O) groups excluding carboxylic acids is 2. The number of likely N-dealkylation sites (N-methyl/N-ethyl adjacent to an activating group) is 1. The first kappa shape index (κ1) is 21.5. The molecule has 2 N–H and O–H groups in total. The molecule has 0 heterocycles. The number of anilines is 1. The number of rotatable bonds is 8. The maximum absolute atomic E-state index is 13.1. The summed E-state index contributed by atoms with van der Waals surface area (Å²) in [5, 5.41) is 2.46. The third-order valence-corrected chi connectivity index (χ3v) is 5.15. The van der Waals surface area contributed by atoms with E-state index in [4.69, 9.17) is 0 Å². The number of hydrogen-bond acceptors (Lipinski definition) is 4. The smallest absolute Gasteiger partial charge is 0.243 e. The highest BCUT2D eigenvalue weighted by Gasteiger charge is 2.17. The number of amides is 2. The fourth-order valence-corrected chi connectivity index (χ4v) is 3.28. The summed E-state index contributed by atoms with van der Waals surface area (Å²) in [5.41, 5.74) is 0.262. The Labute approximate surface area is 161 Å². The molecule has 2 amide bonds. The lowest BCUT2D eigenvalue weighted by molar-refractivity contribution is -0.133. The quantitative estimate of drug-likeness (QED) is 0.692. The fraction of sp³-hybridized carbons (Fsp3) is 0.222. The summed E-state index contributed by atoms with van der Waals surface area (Å²) >= 11 is 0. The molecule has 0 unspecified atom stereocenters. The van der Waals surface area contributed by atoms with Gasteiger partial charge in [0, 0.05) is 25.7 Å². The fourth-order valence-electron chi connectivity index (χ4n) is 2.25. The SMILES string of the molecule is CN(CC(=O)Nc1cccc(F)c1)C(=O)CCNS(=O)(=O)c1ccc(F)cc1. The molecule has 0 aliphatic carbocycles. The maximum atomic E-state index is 13.1. The predicted molar refractivity (Wildman–Crippen MR) is 98.9 cm³/mol. The summed E-state index contributed by atoms with van der Waals surface area (Å²) in [6.45, 7) is -0.464. The zero-order chi connectivity index (χ0) is 20.7. The van der Waals surface area contributed by atoms with Gasteiger partial charge in [0.1, 0.15) is 11.6 Å². The van der Waals surface area contributed by atoms with Gasteiger partial charge in [0.2, 0.25) is 21.8 Å². The molecule has 2 rings (SSSR count). The van der Waals surface area contributed by atoms with E-state index in [1.165, 1.54) is 25.2 Å². The molecule has 150 valence electrons. The predicted octanol–water partition coefficient (Wildman–Crippen LogP) is 1.73. The van der Waals surface area contributed by atoms with Crippen LogP contribution in [0.15, 0.2) is 53.4 Å². The first-order valence-electron chi connectivity index (χ1n) is 8.22. The second-order valence-corrected chi connectivity index (χ2v) is 7.68. The van der Waals surface area contributed by atoms with Crippen molar-refractivity contribution >= 4 is 27.5 Å². The van der Waals surface area contributed by atoms with E-state index in [9.17, 15) is 26.8 Å². The maximum Gasteiger partial charge on any atom is 0.243 e. The van der Waals surface area contributed by atoms with Gasteiger partial charge >= 0.3 is 0 Å². The van der Waals surface area contributed by atoms with Crippen molar-refractivity contribution in [1.82, 2.24) is 9.62 Å². The Hall–Kier alpha value is -2.85. The van der Waals surface area contributed by atoms with Gasteiger partial charge in [0.15, 0.2) is 0 Å². The van der Waals surface area contributed by atoms with Crippen LogP contribution in [0.25, 0.3) is 0 Å². The van der Waals surface area contributed by atoms with E-state index >= 15 is 0 Å². The number of sulfonamides is 1. The number of halogens is 2. The highest BCUT2D eigenvalue weighted by atomic mass is 32.2. The Morgan fingerprint density at radius 1 is 1.04 bits per heavy atom. The van der Waals surface area contributed by atoms with E-state index in [1.54, 1.807) is 0 Å². The van der Waals surface area contributed by atoms with Crippen LogP contribution >= 0.6 is 0 Å². The minimum absolute atomic E-state index is 0.121. The molecule has 0 fully saturated rings. The van der Waals surface area contributed by atoms with Crippen LogP contribution in [0.5, 0.6) is 0 Å². The molecule has 0 atom stereocenters. The zero-order valence-electron chi connectivity index (χ0n) is 15.0. The van der Waals surface area contributed by atoms with Crippen LogP contribution in [0.4, 0.5) is 14.5 Å². The Kier molecular flexibility index (Phi) is 7.18. The van der Waals surface area contributed by atoms with Crippen LogP contribution < -0.4 is 10.0 Å². The topological polar surface area (TPSA) is 95.6 Å². The molecule has 28 heavy (non-hydrogen) atoms. The van der Waals surface area contributed by atoms with Crippen molar-refractivity contribution in [1.29, 1.82) is 0 Å². The van der Waals surface area contributed by atoms with E-state index < -0.39 is 33.5 Å². The Balaban J connectivity index is 1.80. The van der Waals surface area contributed by atoms with Crippen molar-refractivity contribution in [3.05, 3.63) is 60.2 Å². The summed E-state index contributed by atoms with van der Waals surface area (Å²) in [4.78, 5) is 25.0. The van der Waals surface area contributed by atoms with Gasteiger partial charge in [-0.15, -0.1) is 0 Å². The van der Waals surface area contributed by atoms with Crippen molar-refractivity contribution in [3.8, 4) is 0 Å². The molecule has 0 aliphatic heterocycles. The highest BCUT2D eigenvalue weighted by Crippen LogP contribution is 2.10. The number of hydrogen-bond donors (Lipinski definition) is 2. The van der Waals surface area contributed by atoms with E-state index in [-0.39, 0.29) is 30.1 Å². The van der Waals surface area contributed by atoms with Crippen molar-refractivity contribution in [2.75, 3.05) is 25.5 Å². The lowest BCUT2D eigenvalue weighted by Gasteiger charge is -2.17. The number of carbonyl (C=O) groups is 2. The molecule has 0 bridgehead atoms. The minimum Gasteiger partial charge on any atom is -0.336 e. The van der Waals surface area contributed by atoms with E-state index in [0.717, 1.165) is 35.2 Å². The Bertz CT molecular complexity index is 950. The molecule has 10 heteroatoms. The van der Waals surface area contributed by atoms with Crippen molar-refractivity contribution in [3.63, 3.8) is 0 Å². The molecule has 0 aromatic heterocycles. The highest BCUT2D eigenvalue weighted by molar-refractivity contribution is 7.89. The van der Waals surface area contributed by atoms with E-state index in [1.807, 2.05) is 0 Å². The molecule has 2 aromatic rings. The van der Waals surface area contributed by atoms with Crippen LogP contribution in [-0.2, 0) is 19.6 Å². The van der Waals surface area contributed by atoms with Gasteiger partial charge in [0.25, 0.3) is 0 Å². The Morgan fingerprint density at radius 3 is 2.36 bits per heavy atom. The van der Waals surface area contributed by atoms with E-state index in [0.29, 0.717) is 0 Å². The molecular formula is C18H19F2N3O4S. The summed E-state index contributed by atoms with van der Waals surface area (Å²) < 4.78 is 52.3. The van der Waals surface area contributed by atoms with Gasteiger partial charge in [-0.3, -0.25) is 9.59 Å². The van der Waals surface area contributed by atoms with Gasteiger partial charge in [-0.25, -0.2) is 21.9 Å².